The Bertz CT molecular complexity index is 705. The fourth-order valence-corrected chi connectivity index (χ4v) is 4.10. The number of benzene rings is 1. The Morgan fingerprint density at radius 2 is 1.87 bits per heavy atom. The van der Waals surface area contributed by atoms with Crippen LogP contribution in [0.3, 0.4) is 0 Å². The van der Waals surface area contributed by atoms with Crippen LogP contribution in [0.25, 0.3) is 0 Å². The van der Waals surface area contributed by atoms with Crippen molar-refractivity contribution in [2.45, 2.75) is 25.8 Å². The SMILES string of the molecule is CCNC(=NCC(c1ccc(F)cc1)N1CCOCC1)N1CCC(C(=O)OC)CC1.I. The molecule has 0 radical (unpaired) electrons. The number of esters is 1. The third-order valence-corrected chi connectivity index (χ3v) is 5.82. The lowest BCUT2D eigenvalue weighted by Crippen LogP contribution is -2.47. The number of hydrogen-bond donors (Lipinski definition) is 1. The van der Waals surface area contributed by atoms with Gasteiger partial charge < -0.3 is 19.7 Å². The molecule has 31 heavy (non-hydrogen) atoms. The van der Waals surface area contributed by atoms with Gasteiger partial charge in [0, 0.05) is 32.7 Å². The van der Waals surface area contributed by atoms with Crippen LogP contribution in [-0.4, -0.2) is 81.3 Å². The number of hydrogen-bond acceptors (Lipinski definition) is 5. The third-order valence-electron chi connectivity index (χ3n) is 5.82. The van der Waals surface area contributed by atoms with Gasteiger partial charge in [0.25, 0.3) is 0 Å². The molecular weight excluding hydrogens is 514 g/mol. The van der Waals surface area contributed by atoms with Gasteiger partial charge in [-0.25, -0.2) is 4.39 Å². The molecular formula is C22H34FIN4O3. The van der Waals surface area contributed by atoms with Crippen LogP contribution in [0.4, 0.5) is 4.39 Å². The average molecular weight is 548 g/mol. The van der Waals surface area contributed by atoms with Crippen LogP contribution in [0.2, 0.25) is 0 Å². The summed E-state index contributed by atoms with van der Waals surface area (Å²) in [4.78, 5) is 21.3. The lowest BCUT2D eigenvalue weighted by Gasteiger charge is -2.35. The summed E-state index contributed by atoms with van der Waals surface area (Å²) in [5.74, 6) is 0.473. The molecule has 9 heteroatoms. The molecule has 2 fully saturated rings. The number of methoxy groups -OCH3 is 1. The summed E-state index contributed by atoms with van der Waals surface area (Å²) < 4.78 is 23.9. The third kappa shape index (κ3) is 7.28. The Balaban J connectivity index is 0.00000341. The summed E-state index contributed by atoms with van der Waals surface area (Å²) in [6.45, 7) is 7.99. The molecule has 2 heterocycles. The van der Waals surface area contributed by atoms with Crippen molar-refractivity contribution >= 4 is 35.9 Å². The first-order chi connectivity index (χ1) is 14.6. The first-order valence-electron chi connectivity index (χ1n) is 10.8. The Kier molecular flexibility index (Phi) is 11.0. The van der Waals surface area contributed by atoms with E-state index in [4.69, 9.17) is 14.5 Å². The molecule has 174 valence electrons. The van der Waals surface area contributed by atoms with Crippen LogP contribution in [0.1, 0.15) is 31.4 Å². The van der Waals surface area contributed by atoms with E-state index in [2.05, 4.69) is 22.0 Å². The highest BCUT2D eigenvalue weighted by molar-refractivity contribution is 14.0. The second-order valence-electron chi connectivity index (χ2n) is 7.69. The monoisotopic (exact) mass is 548 g/mol. The molecule has 0 bridgehead atoms. The predicted molar refractivity (Wildman–Crippen MR) is 129 cm³/mol. The lowest BCUT2D eigenvalue weighted by molar-refractivity contribution is -0.146. The number of aliphatic imine (C=N–C) groups is 1. The van der Waals surface area contributed by atoms with Gasteiger partial charge in [0.05, 0.1) is 38.8 Å². The lowest BCUT2D eigenvalue weighted by atomic mass is 9.97. The molecule has 1 aromatic rings. The second-order valence-corrected chi connectivity index (χ2v) is 7.69. The number of carbonyl (C=O) groups is 1. The Morgan fingerprint density at radius 1 is 1.23 bits per heavy atom. The normalized spacial score (nSPS) is 19.5. The van der Waals surface area contributed by atoms with Crippen molar-refractivity contribution in [3.63, 3.8) is 0 Å². The number of piperidine rings is 1. The van der Waals surface area contributed by atoms with Crippen LogP contribution >= 0.6 is 24.0 Å². The minimum absolute atomic E-state index is 0. The van der Waals surface area contributed by atoms with Gasteiger partial charge in [0.1, 0.15) is 5.82 Å². The number of carbonyl (C=O) groups excluding carboxylic acids is 1. The number of guanidine groups is 1. The molecule has 0 aromatic heterocycles. The minimum Gasteiger partial charge on any atom is -0.469 e. The average Bonchev–Trinajstić information content (AvgIpc) is 2.80. The minimum atomic E-state index is -0.232. The van der Waals surface area contributed by atoms with E-state index in [1.165, 1.54) is 19.2 Å². The topological polar surface area (TPSA) is 66.4 Å². The van der Waals surface area contributed by atoms with Crippen molar-refractivity contribution in [2.75, 3.05) is 59.6 Å². The molecule has 0 saturated carbocycles. The van der Waals surface area contributed by atoms with Gasteiger partial charge in [-0.3, -0.25) is 14.7 Å². The number of morpholine rings is 1. The van der Waals surface area contributed by atoms with Gasteiger partial charge >= 0.3 is 5.97 Å². The second kappa shape index (κ2) is 13.2. The van der Waals surface area contributed by atoms with E-state index >= 15 is 0 Å². The van der Waals surface area contributed by atoms with E-state index in [1.807, 2.05) is 12.1 Å². The molecule has 2 aliphatic heterocycles. The first-order valence-corrected chi connectivity index (χ1v) is 10.8. The molecule has 1 atom stereocenters. The molecule has 1 unspecified atom stereocenters. The molecule has 0 spiro atoms. The van der Waals surface area contributed by atoms with Crippen LogP contribution in [0, 0.1) is 11.7 Å². The van der Waals surface area contributed by atoms with Crippen molar-refractivity contribution < 1.29 is 18.7 Å². The Hall–Kier alpha value is -1.46. The van der Waals surface area contributed by atoms with E-state index < -0.39 is 0 Å². The van der Waals surface area contributed by atoms with Crippen LogP contribution in [0.15, 0.2) is 29.3 Å². The van der Waals surface area contributed by atoms with Crippen molar-refractivity contribution in [1.29, 1.82) is 0 Å². The molecule has 0 aliphatic carbocycles. The highest BCUT2D eigenvalue weighted by atomic mass is 127. The largest absolute Gasteiger partial charge is 0.469 e. The van der Waals surface area contributed by atoms with Crippen molar-refractivity contribution in [1.82, 2.24) is 15.1 Å². The number of rotatable bonds is 6. The molecule has 1 aromatic carbocycles. The first kappa shape index (κ1) is 25.8. The molecule has 0 amide bonds. The van der Waals surface area contributed by atoms with Crippen LogP contribution in [0.5, 0.6) is 0 Å². The zero-order valence-corrected chi connectivity index (χ0v) is 20.7. The number of nitrogens with one attached hydrogen (secondary N) is 1. The summed E-state index contributed by atoms with van der Waals surface area (Å²) in [7, 11) is 1.45. The van der Waals surface area contributed by atoms with E-state index in [-0.39, 0.29) is 47.7 Å². The fourth-order valence-electron chi connectivity index (χ4n) is 4.10. The zero-order valence-electron chi connectivity index (χ0n) is 18.4. The fraction of sp³-hybridized carbons (Fsp3) is 0.636. The quantitative estimate of drug-likeness (QED) is 0.255. The van der Waals surface area contributed by atoms with E-state index in [0.29, 0.717) is 19.8 Å². The van der Waals surface area contributed by atoms with Gasteiger partial charge in [0.2, 0.25) is 0 Å². The van der Waals surface area contributed by atoms with Crippen molar-refractivity contribution in [3.8, 4) is 0 Å². The smallest absolute Gasteiger partial charge is 0.308 e. The molecule has 2 aliphatic rings. The molecule has 2 saturated heterocycles. The van der Waals surface area contributed by atoms with E-state index in [0.717, 1.165) is 57.1 Å². The summed E-state index contributed by atoms with van der Waals surface area (Å²) in [5, 5.41) is 3.39. The standard InChI is InChI=1S/C22H33FN4O3.HI/c1-3-24-22(27-10-8-18(9-11-27)21(28)29-2)25-16-20(26-12-14-30-15-13-26)17-4-6-19(23)7-5-17;/h4-7,18,20H,3,8-16H2,1-2H3,(H,24,25);1H. The Morgan fingerprint density at radius 3 is 2.45 bits per heavy atom. The molecule has 3 rings (SSSR count). The van der Waals surface area contributed by atoms with Gasteiger partial charge in [-0.15, -0.1) is 24.0 Å². The maximum absolute atomic E-state index is 13.5. The zero-order chi connectivity index (χ0) is 21.3. The van der Waals surface area contributed by atoms with Gasteiger partial charge in [0.15, 0.2) is 5.96 Å². The van der Waals surface area contributed by atoms with Crippen molar-refractivity contribution in [2.24, 2.45) is 10.9 Å². The summed E-state index contributed by atoms with van der Waals surface area (Å²) in [5.41, 5.74) is 1.06. The number of halogens is 2. The van der Waals surface area contributed by atoms with E-state index in [1.54, 1.807) is 0 Å². The maximum atomic E-state index is 13.5. The van der Waals surface area contributed by atoms with Crippen LogP contribution in [-0.2, 0) is 14.3 Å². The number of likely N-dealkylation sites (tertiary alicyclic amines) is 1. The highest BCUT2D eigenvalue weighted by Gasteiger charge is 2.28. The predicted octanol–water partition coefficient (Wildman–Crippen LogP) is 2.67. The van der Waals surface area contributed by atoms with Gasteiger partial charge in [-0.1, -0.05) is 12.1 Å². The summed E-state index contributed by atoms with van der Waals surface area (Å²) in [6, 6.07) is 6.78. The number of ether oxygens (including phenoxy) is 2. The molecule has 1 N–H and O–H groups in total. The van der Waals surface area contributed by atoms with Gasteiger partial charge in [-0.05, 0) is 37.5 Å². The van der Waals surface area contributed by atoms with Crippen molar-refractivity contribution in [3.05, 3.63) is 35.6 Å². The highest BCUT2D eigenvalue weighted by Crippen LogP contribution is 2.24. The molecule has 7 nitrogen and oxygen atoms in total. The Labute approximate surface area is 201 Å². The summed E-state index contributed by atoms with van der Waals surface area (Å²) in [6.07, 6.45) is 1.53. The van der Waals surface area contributed by atoms with Crippen LogP contribution < -0.4 is 5.32 Å². The van der Waals surface area contributed by atoms with Gasteiger partial charge in [-0.2, -0.15) is 0 Å². The number of nitrogens with zero attached hydrogens (tertiary/aromatic N) is 3. The summed E-state index contributed by atoms with van der Waals surface area (Å²) >= 11 is 0. The maximum Gasteiger partial charge on any atom is 0.308 e. The van der Waals surface area contributed by atoms with E-state index in [9.17, 15) is 9.18 Å².